The Kier molecular flexibility index (Phi) is 16.3. The molecule has 0 unspecified atom stereocenters. The minimum absolute atomic E-state index is 0.124. The van der Waals surface area contributed by atoms with E-state index in [0.717, 1.165) is 74.8 Å². The molecule has 0 bridgehead atoms. The number of nitrogens with one attached hydrogen (secondary N) is 4. The Morgan fingerprint density at radius 1 is 0.867 bits per heavy atom. The predicted octanol–water partition coefficient (Wildman–Crippen LogP) is 7.81. The lowest BCUT2D eigenvalue weighted by molar-refractivity contribution is -0.147. The molecule has 16 nitrogen and oxygen atoms in total. The first kappa shape index (κ1) is 52.4. The van der Waals surface area contributed by atoms with Crippen LogP contribution >= 0.6 is 0 Å². The van der Waals surface area contributed by atoms with Gasteiger partial charge in [0, 0.05) is 78.1 Å². The number of benzene rings is 3. The molecule has 4 aromatic heterocycles. The second-order valence-corrected chi connectivity index (χ2v) is 20.5. The van der Waals surface area contributed by atoms with Gasteiger partial charge in [0.15, 0.2) is 0 Å². The molecule has 392 valence electrons. The highest BCUT2D eigenvalue weighted by Crippen LogP contribution is 2.35. The summed E-state index contributed by atoms with van der Waals surface area (Å²) in [4.78, 5) is 64.8. The lowest BCUT2D eigenvalue weighted by atomic mass is 9.83. The number of likely N-dealkylation sites (N-methyl/N-ethyl adjacent to an activating group) is 1. The predicted molar refractivity (Wildman–Crippen MR) is 283 cm³/mol. The molecule has 1 aliphatic heterocycles. The largest absolute Gasteiger partial charge is 0.491 e. The van der Waals surface area contributed by atoms with Crippen molar-refractivity contribution in [2.45, 2.75) is 97.1 Å². The van der Waals surface area contributed by atoms with Gasteiger partial charge in [-0.2, -0.15) is 5.10 Å². The summed E-state index contributed by atoms with van der Waals surface area (Å²) in [5.74, 6) is -0.724. The van der Waals surface area contributed by atoms with Crippen LogP contribution in [0, 0.1) is 11.2 Å². The smallest absolute Gasteiger partial charge is 0.249 e. The van der Waals surface area contributed by atoms with Crippen molar-refractivity contribution in [3.8, 4) is 28.0 Å². The molecule has 7 aromatic rings. The van der Waals surface area contributed by atoms with Crippen molar-refractivity contribution in [1.82, 2.24) is 45.2 Å². The molecule has 0 spiro atoms. The molecule has 1 aliphatic carbocycles. The van der Waals surface area contributed by atoms with Crippen LogP contribution in [-0.2, 0) is 49.8 Å². The Morgan fingerprint density at radius 2 is 1.68 bits per heavy atom. The second kappa shape index (κ2) is 23.4. The first-order valence-corrected chi connectivity index (χ1v) is 25.7. The molecule has 5 heterocycles. The minimum atomic E-state index is -0.890. The third kappa shape index (κ3) is 12.6. The van der Waals surface area contributed by atoms with Crippen LogP contribution in [0.15, 0.2) is 116 Å². The number of halogens is 1. The van der Waals surface area contributed by atoms with E-state index in [1.165, 1.54) is 22.4 Å². The molecule has 75 heavy (non-hydrogen) atoms. The lowest BCUT2D eigenvalue weighted by Gasteiger charge is -2.41. The van der Waals surface area contributed by atoms with Crippen molar-refractivity contribution in [2.24, 2.45) is 5.41 Å². The average Bonchev–Trinajstić information content (AvgIpc) is 4.20. The van der Waals surface area contributed by atoms with E-state index in [0.29, 0.717) is 31.9 Å². The van der Waals surface area contributed by atoms with Gasteiger partial charge in [-0.05, 0) is 103 Å². The van der Waals surface area contributed by atoms with E-state index in [1.54, 1.807) is 43.5 Å². The van der Waals surface area contributed by atoms with Crippen LogP contribution in [0.25, 0.3) is 33.3 Å². The summed E-state index contributed by atoms with van der Waals surface area (Å²) in [7, 11) is 1.69. The maximum atomic E-state index is 14.7. The molecule has 9 rings (SSSR count). The number of ether oxygens (including phenoxy) is 3. The van der Waals surface area contributed by atoms with Crippen molar-refractivity contribution in [3.63, 3.8) is 0 Å². The fourth-order valence-corrected chi connectivity index (χ4v) is 9.87. The number of aromatic amines is 1. The summed E-state index contributed by atoms with van der Waals surface area (Å²) in [6, 6.07) is 22.2. The number of fused-ring (bicyclic) bond motifs is 3. The molecule has 0 fully saturated rings. The number of aromatic nitrogens is 5. The number of hydrogen-bond donors (Lipinski definition) is 4. The first-order chi connectivity index (χ1) is 36.2. The number of hydrogen-bond acceptors (Lipinski definition) is 10. The van der Waals surface area contributed by atoms with E-state index in [9.17, 15) is 23.6 Å². The summed E-state index contributed by atoms with van der Waals surface area (Å²) in [6.07, 6.45) is 14.2. The zero-order valence-electron chi connectivity index (χ0n) is 43.2. The normalized spacial score (nSPS) is 16.2. The second-order valence-electron chi connectivity index (χ2n) is 20.5. The number of nitrogens with zero attached hydrogens (tertiary/aromatic N) is 5. The van der Waals surface area contributed by atoms with Crippen LogP contribution in [0.3, 0.4) is 0 Å². The summed E-state index contributed by atoms with van der Waals surface area (Å²) in [6.45, 7) is 9.49. The fraction of sp³-hybridized carbons (Fsp3) is 0.379. The third-order valence-electron chi connectivity index (χ3n) is 14.2. The van der Waals surface area contributed by atoms with E-state index in [1.807, 2.05) is 92.5 Å². The van der Waals surface area contributed by atoms with E-state index >= 15 is 0 Å². The summed E-state index contributed by atoms with van der Waals surface area (Å²) in [5, 5.41) is 14.5. The molecule has 17 heteroatoms. The van der Waals surface area contributed by atoms with Gasteiger partial charge in [0.05, 0.1) is 51.1 Å². The molecule has 4 atom stereocenters. The number of carbonyl (C=O) groups excluding carboxylic acids is 4. The summed E-state index contributed by atoms with van der Waals surface area (Å²) < 4.78 is 34.7. The van der Waals surface area contributed by atoms with Crippen LogP contribution in [0.5, 0.6) is 5.75 Å². The van der Waals surface area contributed by atoms with Crippen molar-refractivity contribution in [2.75, 3.05) is 40.1 Å². The fourth-order valence-electron chi connectivity index (χ4n) is 9.87. The van der Waals surface area contributed by atoms with Crippen LogP contribution in [-0.4, -0.2) is 111 Å². The highest BCUT2D eigenvalue weighted by molar-refractivity contribution is 5.96. The Morgan fingerprint density at radius 3 is 2.49 bits per heavy atom. The minimum Gasteiger partial charge on any atom is -0.491 e. The molecule has 0 saturated carbocycles. The highest BCUT2D eigenvalue weighted by atomic mass is 19.1. The van der Waals surface area contributed by atoms with Gasteiger partial charge in [0.2, 0.25) is 23.6 Å². The zero-order chi connectivity index (χ0) is 52.6. The van der Waals surface area contributed by atoms with E-state index < -0.39 is 23.5 Å². The maximum absolute atomic E-state index is 14.7. The van der Waals surface area contributed by atoms with E-state index in [-0.39, 0.29) is 68.3 Å². The van der Waals surface area contributed by atoms with Gasteiger partial charge < -0.3 is 44.6 Å². The average molecular weight is 1020 g/mol. The van der Waals surface area contributed by atoms with Crippen molar-refractivity contribution in [3.05, 3.63) is 150 Å². The molecule has 4 N–H and O–H groups in total. The zero-order valence-corrected chi connectivity index (χ0v) is 43.2. The van der Waals surface area contributed by atoms with Gasteiger partial charge in [-0.25, -0.2) is 14.1 Å². The van der Waals surface area contributed by atoms with Crippen molar-refractivity contribution >= 4 is 34.7 Å². The van der Waals surface area contributed by atoms with Gasteiger partial charge in [-0.15, -0.1) is 0 Å². The van der Waals surface area contributed by atoms with Crippen molar-refractivity contribution in [1.29, 1.82) is 0 Å². The Hall–Kier alpha value is -7.47. The Bertz CT molecular complexity index is 3160. The Balaban J connectivity index is 0.744. The van der Waals surface area contributed by atoms with Crippen LogP contribution in [0.4, 0.5) is 4.39 Å². The van der Waals surface area contributed by atoms with Gasteiger partial charge in [0.25, 0.3) is 0 Å². The number of H-pyrrole nitrogens is 1. The standard InChI is InChI=1S/C58H66FN9O7/c1-37(60-5)55(70)65-53(58(2,3)4)57(72)67-35-43-27-46(17-16-40(43)29-51(67)56(71)64-50-15-9-12-39-11-6-7-14-47(39)50)75-25-24-74-23-22-73-21-19-52(69)68-36-44(31-63-68)42-28-48-49(32-62-54(48)61-30-42)41-18-20-66(34-41)33-38-10-8-13-45(59)26-38/h6-8,10-11,13-14,16-18,20,26-28,30-32,34,36-37,50-51,53,60H,9,12,15,19,21-25,29,33,35H2,1-5H3,(H,61,62)(H,64,71)(H,65,70)/t37-,50+,51-,53+/m1/s1. The summed E-state index contributed by atoms with van der Waals surface area (Å²) >= 11 is 0. The SMILES string of the molecule is CN[C@H](C)C(=O)N[C@@H](C(=O)N1Cc2cc(OCCOCCOCCC(=O)n3cc(-c4cnc5[nH]cc(-c6ccn(Cc7cccc(F)c7)c6)c5c4)cn3)ccc2C[C@@H]1C(=O)N[C@H]1CCCc2ccccc21)C(C)(C)C. The van der Waals surface area contributed by atoms with Gasteiger partial charge in [0.1, 0.15) is 35.9 Å². The maximum Gasteiger partial charge on any atom is 0.249 e. The monoisotopic (exact) mass is 1020 g/mol. The number of amides is 3. The van der Waals surface area contributed by atoms with Gasteiger partial charge in [-0.1, -0.05) is 63.2 Å². The van der Waals surface area contributed by atoms with Crippen LogP contribution in [0.1, 0.15) is 85.6 Å². The molecule has 3 aromatic carbocycles. The quantitative estimate of drug-likeness (QED) is 0.0549. The molecular weight excluding hydrogens is 954 g/mol. The molecule has 0 radical (unpaired) electrons. The first-order valence-electron chi connectivity index (χ1n) is 25.7. The lowest BCUT2D eigenvalue weighted by Crippen LogP contribution is -2.62. The summed E-state index contributed by atoms with van der Waals surface area (Å²) in [5.41, 5.74) is 8.62. The van der Waals surface area contributed by atoms with Gasteiger partial charge >= 0.3 is 0 Å². The molecule has 2 aliphatic rings. The van der Waals surface area contributed by atoms with Crippen LogP contribution < -0.4 is 20.7 Å². The van der Waals surface area contributed by atoms with Crippen LogP contribution in [0.2, 0.25) is 0 Å². The van der Waals surface area contributed by atoms with Crippen molar-refractivity contribution < 1.29 is 37.8 Å². The highest BCUT2D eigenvalue weighted by Gasteiger charge is 2.43. The molecule has 0 saturated heterocycles. The van der Waals surface area contributed by atoms with E-state index in [2.05, 4.69) is 43.1 Å². The topological polar surface area (TPSA) is 187 Å². The molecule has 3 amide bonds. The van der Waals surface area contributed by atoms with Gasteiger partial charge in [-0.3, -0.25) is 19.2 Å². The number of aryl methyl sites for hydroxylation is 1. The number of carbonyl (C=O) groups is 4. The Labute approximate surface area is 436 Å². The third-order valence-corrected chi connectivity index (χ3v) is 14.2. The molecular formula is C58H66FN9O7. The van der Waals surface area contributed by atoms with E-state index in [4.69, 9.17) is 14.2 Å². The number of pyridine rings is 1. The number of rotatable bonds is 20.